The number of aromatic amines is 1. The lowest BCUT2D eigenvalue weighted by Crippen LogP contribution is -2.40. The Hall–Kier alpha value is -4.80. The number of carbonyl (C=O) groups is 1. The summed E-state index contributed by atoms with van der Waals surface area (Å²) < 4.78 is 41.0. The SMILES string of the molecule is CCOc1ccc(Br)cc1S(=O)(=O)Nc1ccc(C(=O)N2CCc3c([nH]c4ccc(OC)cc34)C2c2cccc3ccccc23)cc1. The Bertz CT molecular complexity index is 2240. The molecule has 1 aliphatic heterocycles. The molecular formula is C37H32BrN3O5S. The van der Waals surface area contributed by atoms with Gasteiger partial charge in [-0.15, -0.1) is 0 Å². The number of methoxy groups -OCH3 is 1. The maximum absolute atomic E-state index is 14.3. The van der Waals surface area contributed by atoms with E-state index < -0.39 is 10.0 Å². The molecule has 1 amide bonds. The highest BCUT2D eigenvalue weighted by atomic mass is 79.9. The van der Waals surface area contributed by atoms with Crippen molar-refractivity contribution in [2.45, 2.75) is 24.3 Å². The van der Waals surface area contributed by atoms with E-state index in [0.717, 1.165) is 38.7 Å². The minimum absolute atomic E-state index is 0.0203. The number of nitrogens with one attached hydrogen (secondary N) is 2. The molecule has 2 heterocycles. The van der Waals surface area contributed by atoms with Crippen molar-refractivity contribution in [2.75, 3.05) is 25.0 Å². The van der Waals surface area contributed by atoms with E-state index in [1.165, 1.54) is 11.6 Å². The molecule has 5 aromatic carbocycles. The number of nitrogens with zero attached hydrogens (tertiary/aromatic N) is 1. The number of anilines is 1. The fourth-order valence-electron chi connectivity index (χ4n) is 6.45. The summed E-state index contributed by atoms with van der Waals surface area (Å²) in [5.74, 6) is 0.892. The van der Waals surface area contributed by atoms with Crippen molar-refractivity contribution in [3.8, 4) is 11.5 Å². The Labute approximate surface area is 281 Å². The number of aromatic nitrogens is 1. The van der Waals surface area contributed by atoms with Crippen LogP contribution in [0.2, 0.25) is 0 Å². The van der Waals surface area contributed by atoms with Gasteiger partial charge in [-0.1, -0.05) is 58.4 Å². The number of sulfonamides is 1. The van der Waals surface area contributed by atoms with Crippen molar-refractivity contribution in [3.63, 3.8) is 0 Å². The number of ether oxygens (including phenoxy) is 2. The van der Waals surface area contributed by atoms with Crippen LogP contribution >= 0.6 is 15.9 Å². The van der Waals surface area contributed by atoms with E-state index in [-0.39, 0.29) is 22.6 Å². The van der Waals surface area contributed by atoms with E-state index in [0.29, 0.717) is 35.3 Å². The lowest BCUT2D eigenvalue weighted by Gasteiger charge is -2.37. The molecule has 6 aromatic rings. The summed E-state index contributed by atoms with van der Waals surface area (Å²) in [5.41, 5.74) is 4.96. The van der Waals surface area contributed by atoms with Crippen molar-refractivity contribution < 1.29 is 22.7 Å². The summed E-state index contributed by atoms with van der Waals surface area (Å²) in [6, 6.07) is 31.4. The molecule has 7 rings (SSSR count). The zero-order chi connectivity index (χ0) is 32.7. The van der Waals surface area contributed by atoms with Gasteiger partial charge in [0, 0.05) is 38.9 Å². The number of hydrogen-bond acceptors (Lipinski definition) is 5. The zero-order valence-corrected chi connectivity index (χ0v) is 28.2. The summed E-state index contributed by atoms with van der Waals surface area (Å²) in [7, 11) is -2.31. The van der Waals surface area contributed by atoms with Gasteiger partial charge in [-0.3, -0.25) is 9.52 Å². The molecule has 0 spiro atoms. The molecule has 1 aliphatic rings. The van der Waals surface area contributed by atoms with E-state index in [4.69, 9.17) is 9.47 Å². The molecule has 0 fully saturated rings. The standard InChI is InChI=1S/C37H32BrN3O5S/c1-3-46-33-18-13-25(38)21-34(33)47(43,44)40-26-14-11-24(12-15-26)37(42)41-20-19-29-31-22-27(45-2)16-17-32(31)39-35(29)36(41)30-10-6-8-23-7-4-5-9-28(23)30/h4-18,21-22,36,39-40H,3,19-20H2,1-2H3. The monoisotopic (exact) mass is 709 g/mol. The Morgan fingerprint density at radius 3 is 2.53 bits per heavy atom. The maximum Gasteiger partial charge on any atom is 0.265 e. The summed E-state index contributed by atoms with van der Waals surface area (Å²) in [6.45, 7) is 2.62. The zero-order valence-electron chi connectivity index (χ0n) is 25.8. The molecule has 0 saturated carbocycles. The third-order valence-corrected chi connectivity index (χ3v) is 10.5. The molecule has 238 valence electrons. The molecule has 10 heteroatoms. The lowest BCUT2D eigenvalue weighted by molar-refractivity contribution is 0.0693. The average molecular weight is 711 g/mol. The highest BCUT2D eigenvalue weighted by molar-refractivity contribution is 9.10. The van der Waals surface area contributed by atoms with Gasteiger partial charge in [0.1, 0.15) is 16.4 Å². The van der Waals surface area contributed by atoms with Crippen molar-refractivity contribution in [3.05, 3.63) is 130 Å². The van der Waals surface area contributed by atoms with Gasteiger partial charge < -0.3 is 19.4 Å². The van der Waals surface area contributed by atoms with Crippen molar-refractivity contribution in [1.29, 1.82) is 0 Å². The third-order valence-electron chi connectivity index (χ3n) is 8.59. The van der Waals surface area contributed by atoms with Crippen LogP contribution in [-0.4, -0.2) is 44.5 Å². The average Bonchev–Trinajstić information content (AvgIpc) is 3.46. The van der Waals surface area contributed by atoms with E-state index in [1.807, 2.05) is 41.3 Å². The van der Waals surface area contributed by atoms with Gasteiger partial charge in [0.25, 0.3) is 15.9 Å². The summed E-state index contributed by atoms with van der Waals surface area (Å²) in [5, 5.41) is 3.26. The minimum atomic E-state index is -3.97. The Balaban J connectivity index is 1.25. The normalized spacial score (nSPS) is 14.6. The van der Waals surface area contributed by atoms with Crippen LogP contribution in [0, 0.1) is 0 Å². The smallest absolute Gasteiger partial charge is 0.265 e. The minimum Gasteiger partial charge on any atom is -0.497 e. The van der Waals surface area contributed by atoms with Gasteiger partial charge >= 0.3 is 0 Å². The van der Waals surface area contributed by atoms with Crippen LogP contribution < -0.4 is 14.2 Å². The number of halogens is 1. The van der Waals surface area contributed by atoms with Gasteiger partial charge in [-0.05, 0) is 95.9 Å². The van der Waals surface area contributed by atoms with Crippen molar-refractivity contribution in [1.82, 2.24) is 9.88 Å². The first-order valence-electron chi connectivity index (χ1n) is 15.3. The van der Waals surface area contributed by atoms with Crippen LogP contribution in [-0.2, 0) is 16.4 Å². The number of fused-ring (bicyclic) bond motifs is 4. The number of H-pyrrole nitrogens is 1. The predicted octanol–water partition coefficient (Wildman–Crippen LogP) is 8.08. The summed E-state index contributed by atoms with van der Waals surface area (Å²) >= 11 is 3.35. The fraction of sp³-hybridized carbons (Fsp3) is 0.162. The number of benzene rings is 5. The molecule has 2 N–H and O–H groups in total. The van der Waals surface area contributed by atoms with Crippen molar-refractivity contribution >= 4 is 59.2 Å². The molecule has 1 aromatic heterocycles. The fourth-order valence-corrected chi connectivity index (χ4v) is 8.19. The van der Waals surface area contributed by atoms with Crippen LogP contribution in [0.25, 0.3) is 21.7 Å². The first-order chi connectivity index (χ1) is 22.8. The summed E-state index contributed by atoms with van der Waals surface area (Å²) in [4.78, 5) is 19.9. The van der Waals surface area contributed by atoms with Crippen LogP contribution in [0.4, 0.5) is 5.69 Å². The molecule has 0 bridgehead atoms. The molecule has 0 saturated heterocycles. The maximum atomic E-state index is 14.3. The molecule has 1 unspecified atom stereocenters. The van der Waals surface area contributed by atoms with E-state index in [1.54, 1.807) is 50.4 Å². The van der Waals surface area contributed by atoms with Crippen molar-refractivity contribution in [2.24, 2.45) is 0 Å². The Morgan fingerprint density at radius 1 is 0.957 bits per heavy atom. The topological polar surface area (TPSA) is 101 Å². The van der Waals surface area contributed by atoms with Gasteiger partial charge in [0.05, 0.1) is 19.8 Å². The second-order valence-corrected chi connectivity index (χ2v) is 13.9. The van der Waals surface area contributed by atoms with Crippen LogP contribution in [0.3, 0.4) is 0 Å². The summed E-state index contributed by atoms with van der Waals surface area (Å²) in [6.07, 6.45) is 0.669. The molecule has 0 radical (unpaired) electrons. The predicted molar refractivity (Wildman–Crippen MR) is 188 cm³/mol. The largest absolute Gasteiger partial charge is 0.497 e. The third kappa shape index (κ3) is 5.72. The van der Waals surface area contributed by atoms with Crippen LogP contribution in [0.1, 0.15) is 40.1 Å². The molecular weight excluding hydrogens is 678 g/mol. The number of amides is 1. The van der Waals surface area contributed by atoms with Crippen LogP contribution in [0.15, 0.2) is 112 Å². The number of hydrogen-bond donors (Lipinski definition) is 2. The first-order valence-corrected chi connectivity index (χ1v) is 17.6. The molecule has 8 nitrogen and oxygen atoms in total. The second-order valence-electron chi connectivity index (χ2n) is 11.4. The molecule has 1 atom stereocenters. The van der Waals surface area contributed by atoms with E-state index >= 15 is 0 Å². The van der Waals surface area contributed by atoms with Gasteiger partial charge in [-0.25, -0.2) is 8.42 Å². The van der Waals surface area contributed by atoms with E-state index in [9.17, 15) is 13.2 Å². The Kier molecular flexibility index (Phi) is 8.15. The quantitative estimate of drug-likeness (QED) is 0.166. The molecule has 0 aliphatic carbocycles. The Morgan fingerprint density at radius 2 is 1.74 bits per heavy atom. The van der Waals surface area contributed by atoms with Gasteiger partial charge in [-0.2, -0.15) is 0 Å². The number of rotatable bonds is 8. The first kappa shape index (κ1) is 30.8. The number of carbonyl (C=O) groups excluding carboxylic acids is 1. The highest BCUT2D eigenvalue weighted by Crippen LogP contribution is 2.42. The van der Waals surface area contributed by atoms with Crippen LogP contribution in [0.5, 0.6) is 11.5 Å². The van der Waals surface area contributed by atoms with E-state index in [2.05, 4.69) is 49.9 Å². The lowest BCUT2D eigenvalue weighted by atomic mass is 9.89. The highest BCUT2D eigenvalue weighted by Gasteiger charge is 2.36. The second kappa shape index (κ2) is 12.4. The van der Waals surface area contributed by atoms with Gasteiger partial charge in [0.15, 0.2) is 0 Å². The molecule has 47 heavy (non-hydrogen) atoms. The van der Waals surface area contributed by atoms with Gasteiger partial charge in [0.2, 0.25) is 0 Å².